The summed E-state index contributed by atoms with van der Waals surface area (Å²) >= 11 is 0. The molecule has 0 radical (unpaired) electrons. The predicted octanol–water partition coefficient (Wildman–Crippen LogP) is 0.456. The molecule has 0 unspecified atom stereocenters. The molecule has 5 heteroatoms. The lowest BCUT2D eigenvalue weighted by molar-refractivity contribution is 0.325. The maximum Gasteiger partial charge on any atom is 0.210 e. The van der Waals surface area contributed by atoms with Gasteiger partial charge in [0.2, 0.25) is 5.88 Å². The van der Waals surface area contributed by atoms with Crippen LogP contribution in [0.2, 0.25) is 0 Å². The van der Waals surface area contributed by atoms with Gasteiger partial charge in [-0.1, -0.05) is 0 Å². The number of nitrogens with one attached hydrogen (secondary N) is 1. The van der Waals surface area contributed by atoms with Gasteiger partial charge in [-0.25, -0.2) is 4.52 Å². The number of hydrogen-bond acceptors (Lipinski definition) is 3. The normalized spacial score (nSPS) is 10.6. The van der Waals surface area contributed by atoms with E-state index in [4.69, 9.17) is 4.74 Å². The van der Waals surface area contributed by atoms with Crippen molar-refractivity contribution in [2.24, 2.45) is 0 Å². The van der Waals surface area contributed by atoms with Gasteiger partial charge in [0.1, 0.15) is 6.33 Å². The summed E-state index contributed by atoms with van der Waals surface area (Å²) in [4.78, 5) is 0. The first-order valence-electron chi connectivity index (χ1n) is 3.41. The summed E-state index contributed by atoms with van der Waals surface area (Å²) in [7, 11) is 0. The molecule has 0 aliphatic rings. The van der Waals surface area contributed by atoms with Gasteiger partial charge < -0.3 is 4.74 Å². The average molecular weight is 152 g/mol. The van der Waals surface area contributed by atoms with Crippen LogP contribution in [0.15, 0.2) is 12.4 Å². The molecule has 2 rings (SSSR count). The molecule has 1 N–H and O–H groups in total. The van der Waals surface area contributed by atoms with E-state index in [-0.39, 0.29) is 0 Å². The molecule has 58 valence electrons. The van der Waals surface area contributed by atoms with Crippen LogP contribution in [-0.4, -0.2) is 26.4 Å². The highest BCUT2D eigenvalue weighted by atomic mass is 16.5. The Hall–Kier alpha value is -1.52. The number of aromatic amines is 1. The minimum absolute atomic E-state index is 0.650. The van der Waals surface area contributed by atoms with Gasteiger partial charge in [0.15, 0.2) is 5.65 Å². The topological polar surface area (TPSA) is 55.2 Å². The Balaban J connectivity index is 2.42. The Morgan fingerprint density at radius 2 is 2.64 bits per heavy atom. The van der Waals surface area contributed by atoms with Crippen LogP contribution in [0.1, 0.15) is 6.92 Å². The second-order valence-corrected chi connectivity index (χ2v) is 2.11. The van der Waals surface area contributed by atoms with E-state index in [0.717, 1.165) is 11.5 Å². The van der Waals surface area contributed by atoms with Crippen LogP contribution >= 0.6 is 0 Å². The summed E-state index contributed by atoms with van der Waals surface area (Å²) in [6.07, 6.45) is 1.60. The number of ether oxygens (including phenoxy) is 1. The molecule has 0 bridgehead atoms. The van der Waals surface area contributed by atoms with Gasteiger partial charge >= 0.3 is 0 Å². The fraction of sp³-hybridized carbons (Fsp3) is 0.333. The number of aromatic nitrogens is 4. The number of rotatable bonds is 2. The summed E-state index contributed by atoms with van der Waals surface area (Å²) in [6, 6.07) is 1.80. The minimum atomic E-state index is 0.650. The standard InChI is InChI=1S/C6H8N4O/c1-2-11-6-3-5-8-7-4-10(5)9-6/h3-4,9H,2H2,1H3. The zero-order chi connectivity index (χ0) is 7.68. The van der Waals surface area contributed by atoms with Crippen molar-refractivity contribution in [3.63, 3.8) is 0 Å². The molecular weight excluding hydrogens is 144 g/mol. The third-order valence-corrected chi connectivity index (χ3v) is 1.36. The van der Waals surface area contributed by atoms with Crippen molar-refractivity contribution in [1.29, 1.82) is 0 Å². The zero-order valence-electron chi connectivity index (χ0n) is 6.11. The summed E-state index contributed by atoms with van der Waals surface area (Å²) in [5.41, 5.74) is 0.772. The van der Waals surface area contributed by atoms with Crippen molar-refractivity contribution in [2.45, 2.75) is 6.92 Å². The highest BCUT2D eigenvalue weighted by Crippen LogP contribution is 2.09. The van der Waals surface area contributed by atoms with Gasteiger partial charge in [0.25, 0.3) is 0 Å². The Morgan fingerprint density at radius 1 is 1.73 bits per heavy atom. The van der Waals surface area contributed by atoms with Gasteiger partial charge in [0.05, 0.1) is 6.61 Å². The first-order chi connectivity index (χ1) is 5.40. The van der Waals surface area contributed by atoms with Crippen molar-refractivity contribution >= 4 is 5.65 Å². The molecule has 5 nitrogen and oxygen atoms in total. The molecular formula is C6H8N4O. The average Bonchev–Trinajstić information content (AvgIpc) is 2.46. The minimum Gasteiger partial charge on any atom is -0.478 e. The zero-order valence-corrected chi connectivity index (χ0v) is 6.11. The molecule has 0 aliphatic carbocycles. The SMILES string of the molecule is CCOc1cc2nncn2[nH]1. The van der Waals surface area contributed by atoms with Crippen molar-refractivity contribution in [2.75, 3.05) is 6.61 Å². The lowest BCUT2D eigenvalue weighted by atomic mass is 10.6. The lowest BCUT2D eigenvalue weighted by Crippen LogP contribution is -1.91. The fourth-order valence-electron chi connectivity index (χ4n) is 0.926. The van der Waals surface area contributed by atoms with E-state index in [1.807, 2.05) is 6.92 Å². The maximum absolute atomic E-state index is 5.20. The Kier molecular flexibility index (Phi) is 1.28. The molecule has 0 aromatic carbocycles. The summed E-state index contributed by atoms with van der Waals surface area (Å²) in [5, 5.41) is 10.5. The molecule has 0 spiro atoms. The fourth-order valence-corrected chi connectivity index (χ4v) is 0.926. The van der Waals surface area contributed by atoms with E-state index >= 15 is 0 Å². The van der Waals surface area contributed by atoms with Crippen molar-refractivity contribution in [3.05, 3.63) is 12.4 Å². The van der Waals surface area contributed by atoms with Crippen LogP contribution in [0, 0.1) is 0 Å². The van der Waals surface area contributed by atoms with Crippen molar-refractivity contribution in [3.8, 4) is 5.88 Å². The van der Waals surface area contributed by atoms with Crippen LogP contribution in [0.25, 0.3) is 5.65 Å². The van der Waals surface area contributed by atoms with E-state index < -0.39 is 0 Å². The third-order valence-electron chi connectivity index (χ3n) is 1.36. The van der Waals surface area contributed by atoms with Crippen molar-refractivity contribution in [1.82, 2.24) is 19.8 Å². The number of H-pyrrole nitrogens is 1. The highest BCUT2D eigenvalue weighted by molar-refractivity contribution is 5.39. The van der Waals surface area contributed by atoms with E-state index in [1.54, 1.807) is 16.9 Å². The molecule has 0 fully saturated rings. The molecule has 2 aromatic rings. The van der Waals surface area contributed by atoms with Gasteiger partial charge in [-0.15, -0.1) is 10.2 Å². The molecule has 0 aliphatic heterocycles. The lowest BCUT2D eigenvalue weighted by Gasteiger charge is -1.94. The quantitative estimate of drug-likeness (QED) is 0.680. The van der Waals surface area contributed by atoms with Crippen LogP contribution in [0.5, 0.6) is 5.88 Å². The smallest absolute Gasteiger partial charge is 0.210 e. The summed E-state index contributed by atoms with van der Waals surface area (Å²) in [6.45, 7) is 2.58. The van der Waals surface area contributed by atoms with Gasteiger partial charge in [-0.05, 0) is 6.92 Å². The number of fused-ring (bicyclic) bond motifs is 1. The molecule has 11 heavy (non-hydrogen) atoms. The van der Waals surface area contributed by atoms with Crippen LogP contribution in [-0.2, 0) is 0 Å². The second-order valence-electron chi connectivity index (χ2n) is 2.11. The third kappa shape index (κ3) is 0.938. The predicted molar refractivity (Wildman–Crippen MR) is 38.5 cm³/mol. The van der Waals surface area contributed by atoms with Crippen LogP contribution in [0.4, 0.5) is 0 Å². The van der Waals surface area contributed by atoms with E-state index in [2.05, 4.69) is 15.3 Å². The monoisotopic (exact) mass is 152 g/mol. The molecule has 0 saturated heterocycles. The Labute approximate surface area is 63.0 Å². The summed E-state index contributed by atoms with van der Waals surface area (Å²) < 4.78 is 6.90. The van der Waals surface area contributed by atoms with Gasteiger partial charge in [0, 0.05) is 6.07 Å². The molecule has 0 saturated carbocycles. The van der Waals surface area contributed by atoms with E-state index in [0.29, 0.717) is 6.61 Å². The number of hydrogen-bond donors (Lipinski definition) is 1. The second kappa shape index (κ2) is 2.26. The first kappa shape index (κ1) is 6.21. The molecule has 0 amide bonds. The maximum atomic E-state index is 5.20. The van der Waals surface area contributed by atoms with Crippen LogP contribution in [0.3, 0.4) is 0 Å². The van der Waals surface area contributed by atoms with E-state index in [1.165, 1.54) is 0 Å². The van der Waals surface area contributed by atoms with Crippen LogP contribution < -0.4 is 4.74 Å². The van der Waals surface area contributed by atoms with Gasteiger partial charge in [-0.3, -0.25) is 5.10 Å². The number of nitrogens with zero attached hydrogens (tertiary/aromatic N) is 3. The summed E-state index contributed by atoms with van der Waals surface area (Å²) in [5.74, 6) is 0.720. The largest absolute Gasteiger partial charge is 0.478 e. The Morgan fingerprint density at radius 3 is 3.36 bits per heavy atom. The van der Waals surface area contributed by atoms with E-state index in [9.17, 15) is 0 Å². The van der Waals surface area contributed by atoms with Gasteiger partial charge in [-0.2, -0.15) is 0 Å². The first-order valence-corrected chi connectivity index (χ1v) is 3.41. The highest BCUT2D eigenvalue weighted by Gasteiger charge is 2.00. The molecule has 2 aromatic heterocycles. The molecule has 2 heterocycles. The van der Waals surface area contributed by atoms with Crippen molar-refractivity contribution < 1.29 is 4.74 Å². The molecule has 0 atom stereocenters. The Bertz CT molecular complexity index is 321.